The molecule has 4 rings (SSSR count). The van der Waals surface area contributed by atoms with Crippen LogP contribution in [0.4, 0.5) is 0 Å². The van der Waals surface area contributed by atoms with Gasteiger partial charge in [-0.3, -0.25) is 0 Å². The summed E-state index contributed by atoms with van der Waals surface area (Å²) in [5.74, 6) is 1.34. The fraction of sp³-hybridized carbons (Fsp3) is 0.464. The monoisotopic (exact) mass is 524 g/mol. The molecule has 0 amide bonds. The molecule has 0 radical (unpaired) electrons. The highest BCUT2D eigenvalue weighted by Gasteiger charge is 2.28. The van der Waals surface area contributed by atoms with Crippen LogP contribution in [0.3, 0.4) is 0 Å². The molecule has 37 heavy (non-hydrogen) atoms. The molecular weight excluding hydrogens is 484 g/mol. The minimum Gasteiger partial charge on any atom is -0.480 e. The molecular formula is C28H40N6O2S. The molecule has 0 unspecified atom stereocenters. The van der Waals surface area contributed by atoms with Gasteiger partial charge in [-0.05, 0) is 69.8 Å². The van der Waals surface area contributed by atoms with E-state index < -0.39 is 0 Å². The number of hydrogen-bond acceptors (Lipinski definition) is 8. The van der Waals surface area contributed by atoms with Crippen molar-refractivity contribution < 1.29 is 9.84 Å². The Morgan fingerprint density at radius 2 is 2.08 bits per heavy atom. The molecule has 0 spiro atoms. The maximum absolute atomic E-state index is 7.00. The molecule has 2 atom stereocenters. The van der Waals surface area contributed by atoms with Crippen LogP contribution in [0.25, 0.3) is 21.6 Å². The lowest BCUT2D eigenvalue weighted by Crippen LogP contribution is -2.26. The zero-order chi connectivity index (χ0) is 26.5. The van der Waals surface area contributed by atoms with Gasteiger partial charge in [-0.1, -0.05) is 31.4 Å². The highest BCUT2D eigenvalue weighted by molar-refractivity contribution is 7.13. The molecule has 1 aliphatic rings. The molecule has 3 aromatic rings. The molecule has 0 bridgehead atoms. The summed E-state index contributed by atoms with van der Waals surface area (Å²) < 4.78 is 7.64. The van der Waals surface area contributed by atoms with Crippen molar-refractivity contribution in [2.24, 2.45) is 5.92 Å². The Bertz CT molecular complexity index is 1150. The molecule has 0 aromatic carbocycles. The van der Waals surface area contributed by atoms with Crippen molar-refractivity contribution in [3.05, 3.63) is 61.1 Å². The van der Waals surface area contributed by atoms with Gasteiger partial charge in [0.25, 0.3) is 0 Å². The highest BCUT2D eigenvalue weighted by Crippen LogP contribution is 2.40. The molecule has 1 saturated carbocycles. The number of allylic oxidation sites excluding steroid dienone is 3. The van der Waals surface area contributed by atoms with E-state index in [1.165, 1.54) is 24.8 Å². The van der Waals surface area contributed by atoms with E-state index in [9.17, 15) is 0 Å². The van der Waals surface area contributed by atoms with Crippen molar-refractivity contribution in [3.63, 3.8) is 0 Å². The Labute approximate surface area is 224 Å². The van der Waals surface area contributed by atoms with Crippen LogP contribution >= 0.6 is 11.3 Å². The molecule has 200 valence electrons. The van der Waals surface area contributed by atoms with E-state index in [-0.39, 0.29) is 0 Å². The van der Waals surface area contributed by atoms with Gasteiger partial charge >= 0.3 is 0 Å². The fourth-order valence-corrected chi connectivity index (χ4v) is 5.60. The van der Waals surface area contributed by atoms with Crippen LogP contribution in [-0.2, 0) is 0 Å². The smallest absolute Gasteiger partial charge is 0.224 e. The zero-order valence-corrected chi connectivity index (χ0v) is 22.8. The topological polar surface area (TPSA) is 97.1 Å². The van der Waals surface area contributed by atoms with Crippen molar-refractivity contribution in [3.8, 4) is 16.5 Å². The lowest BCUT2D eigenvalue weighted by Gasteiger charge is -2.15. The second-order valence-electron chi connectivity index (χ2n) is 8.98. The molecule has 0 saturated heterocycles. The van der Waals surface area contributed by atoms with Crippen LogP contribution in [0.2, 0.25) is 0 Å². The summed E-state index contributed by atoms with van der Waals surface area (Å²) in [4.78, 5) is 13.5. The second kappa shape index (κ2) is 15.4. The number of thiazole rings is 1. The van der Waals surface area contributed by atoms with Gasteiger partial charge in [0.1, 0.15) is 17.0 Å². The van der Waals surface area contributed by atoms with E-state index in [4.69, 9.17) is 9.84 Å². The molecule has 3 N–H and O–H groups in total. The molecule has 3 heterocycles. The molecule has 1 fully saturated rings. The third-order valence-corrected chi connectivity index (χ3v) is 7.50. The van der Waals surface area contributed by atoms with Gasteiger partial charge in [0.05, 0.1) is 12.5 Å². The standard InChI is InChI=1S/C27H36N6OS.CH4O/c1-4-7-20(5-2)10-13-28-11-6-12-29-15-21-8-9-22(14-21)33-17-24(23-16-30-19-31-26(23)33)27-32-25(34-3)18-35-27;1-2/h4-5,7,16-19,21-22,28-29H,1-2,6,8-15H2,3H3;2H,1H3/b20-7+;/t21-,22+;/m1./s1. The summed E-state index contributed by atoms with van der Waals surface area (Å²) >= 11 is 1.59. The summed E-state index contributed by atoms with van der Waals surface area (Å²) in [5, 5.41) is 18.1. The fourth-order valence-electron chi connectivity index (χ4n) is 4.81. The van der Waals surface area contributed by atoms with Gasteiger partial charge in [-0.15, -0.1) is 11.3 Å². The van der Waals surface area contributed by atoms with Crippen molar-refractivity contribution in [1.29, 1.82) is 0 Å². The lowest BCUT2D eigenvalue weighted by atomic mass is 10.1. The summed E-state index contributed by atoms with van der Waals surface area (Å²) in [6.07, 6.45) is 17.2. The van der Waals surface area contributed by atoms with Crippen LogP contribution in [0.15, 0.2) is 61.1 Å². The number of nitrogens with zero attached hydrogens (tertiary/aromatic N) is 4. The minimum absolute atomic E-state index is 0.458. The van der Waals surface area contributed by atoms with Crippen LogP contribution < -0.4 is 15.4 Å². The zero-order valence-electron chi connectivity index (χ0n) is 22.0. The Hall–Kier alpha value is -2.85. The molecule has 9 heteroatoms. The predicted octanol–water partition coefficient (Wildman–Crippen LogP) is 4.77. The average Bonchev–Trinajstić information content (AvgIpc) is 3.69. The Balaban J connectivity index is 0.00000186. The largest absolute Gasteiger partial charge is 0.480 e. The first-order valence-electron chi connectivity index (χ1n) is 12.8. The normalized spacial score (nSPS) is 17.4. The number of ether oxygens (including phenoxy) is 1. The number of nitrogens with one attached hydrogen (secondary N) is 2. The summed E-state index contributed by atoms with van der Waals surface area (Å²) in [6, 6.07) is 0.458. The van der Waals surface area contributed by atoms with Crippen LogP contribution in [0.1, 0.15) is 38.1 Å². The Morgan fingerprint density at radius 3 is 2.84 bits per heavy atom. The van der Waals surface area contributed by atoms with E-state index in [2.05, 4.69) is 49.5 Å². The van der Waals surface area contributed by atoms with E-state index in [0.29, 0.717) is 17.8 Å². The predicted molar refractivity (Wildman–Crippen MR) is 153 cm³/mol. The van der Waals surface area contributed by atoms with Crippen molar-refractivity contribution >= 4 is 22.4 Å². The first-order chi connectivity index (χ1) is 18.2. The number of hydrogen-bond donors (Lipinski definition) is 3. The Kier molecular flexibility index (Phi) is 12.0. The van der Waals surface area contributed by atoms with Gasteiger partial charge in [0, 0.05) is 36.5 Å². The average molecular weight is 525 g/mol. The Morgan fingerprint density at radius 1 is 1.24 bits per heavy atom. The number of aromatic nitrogens is 4. The lowest BCUT2D eigenvalue weighted by molar-refractivity contribution is 0.399. The number of methoxy groups -OCH3 is 1. The van der Waals surface area contributed by atoms with Gasteiger partial charge in [0.15, 0.2) is 0 Å². The first kappa shape index (κ1) is 28.7. The van der Waals surface area contributed by atoms with Crippen molar-refractivity contribution in [2.75, 3.05) is 40.4 Å². The third-order valence-electron chi connectivity index (χ3n) is 6.65. The SMILES string of the molecule is C=C/C=C(\C=C)CCNCCCNC[C@@H]1CC[C@H](n2cc(-c3nc(OC)cs3)c3cncnc32)C1.CO. The summed E-state index contributed by atoms with van der Waals surface area (Å²) in [6.45, 7) is 11.7. The number of aliphatic hydroxyl groups excluding tert-OH is 1. The summed E-state index contributed by atoms with van der Waals surface area (Å²) in [5.41, 5.74) is 3.31. The number of fused-ring (bicyclic) bond motifs is 1. The van der Waals surface area contributed by atoms with Crippen molar-refractivity contribution in [1.82, 2.24) is 30.2 Å². The van der Waals surface area contributed by atoms with Gasteiger partial charge < -0.3 is 25.0 Å². The second-order valence-corrected chi connectivity index (χ2v) is 9.84. The molecule has 1 aliphatic carbocycles. The van der Waals surface area contributed by atoms with E-state index >= 15 is 0 Å². The first-order valence-corrected chi connectivity index (χ1v) is 13.7. The van der Waals surface area contributed by atoms with Crippen molar-refractivity contribution in [2.45, 2.75) is 38.1 Å². The third kappa shape index (κ3) is 7.82. The van der Waals surface area contributed by atoms with Crippen LogP contribution in [0.5, 0.6) is 5.88 Å². The maximum atomic E-state index is 7.00. The minimum atomic E-state index is 0.458. The van der Waals surface area contributed by atoms with E-state index in [1.54, 1.807) is 24.8 Å². The maximum Gasteiger partial charge on any atom is 0.224 e. The van der Waals surface area contributed by atoms with Crippen LogP contribution in [-0.4, -0.2) is 65.0 Å². The van der Waals surface area contributed by atoms with Gasteiger partial charge in [0.2, 0.25) is 5.88 Å². The van der Waals surface area contributed by atoms with Gasteiger partial charge in [-0.25, -0.2) is 15.0 Å². The summed E-state index contributed by atoms with van der Waals surface area (Å²) in [7, 11) is 2.65. The number of rotatable bonds is 14. The van der Waals surface area contributed by atoms with Gasteiger partial charge in [-0.2, -0.15) is 0 Å². The molecule has 3 aromatic heterocycles. The molecule has 0 aliphatic heterocycles. The quantitative estimate of drug-likeness (QED) is 0.206. The van der Waals surface area contributed by atoms with E-state index in [1.807, 2.05) is 29.8 Å². The van der Waals surface area contributed by atoms with E-state index in [0.717, 1.165) is 67.7 Å². The van der Waals surface area contributed by atoms with Crippen LogP contribution in [0, 0.1) is 5.92 Å². The highest BCUT2D eigenvalue weighted by atomic mass is 32.1. The number of aliphatic hydroxyl groups is 1. The molecule has 8 nitrogen and oxygen atoms in total.